The van der Waals surface area contributed by atoms with E-state index in [0.29, 0.717) is 31.6 Å². The van der Waals surface area contributed by atoms with Crippen molar-refractivity contribution < 1.29 is 19.1 Å². The number of aryl methyl sites for hydroxylation is 1. The van der Waals surface area contributed by atoms with Gasteiger partial charge in [-0.2, -0.15) is 0 Å². The van der Waals surface area contributed by atoms with E-state index in [-0.39, 0.29) is 28.8 Å². The number of carbonyl (C=O) groups is 2. The second-order valence-electron chi connectivity index (χ2n) is 13.6. The molecule has 8 heteroatoms. The highest BCUT2D eigenvalue weighted by Crippen LogP contribution is 2.40. The van der Waals surface area contributed by atoms with Gasteiger partial charge in [0, 0.05) is 32.1 Å². The molecule has 1 aliphatic rings. The molecule has 1 unspecified atom stereocenters. The Labute approximate surface area is 264 Å². The van der Waals surface area contributed by atoms with Gasteiger partial charge in [0.1, 0.15) is 5.75 Å². The minimum absolute atomic E-state index is 0.0242. The largest absolute Gasteiger partial charge is 0.506 e. The van der Waals surface area contributed by atoms with Gasteiger partial charge in [0.15, 0.2) is 8.32 Å². The van der Waals surface area contributed by atoms with Crippen LogP contribution in [0, 0.1) is 0 Å². The zero-order valence-electron chi connectivity index (χ0n) is 27.2. The maximum absolute atomic E-state index is 13.0. The monoisotopic (exact) mass is 615 g/mol. The van der Waals surface area contributed by atoms with Gasteiger partial charge in [-0.3, -0.25) is 9.59 Å². The summed E-state index contributed by atoms with van der Waals surface area (Å²) in [5.41, 5.74) is 6.30. The van der Waals surface area contributed by atoms with Crippen LogP contribution in [0.15, 0.2) is 66.7 Å². The molecule has 0 spiro atoms. The van der Waals surface area contributed by atoms with Gasteiger partial charge >= 0.3 is 0 Å². The van der Waals surface area contributed by atoms with Gasteiger partial charge in [0.2, 0.25) is 12.3 Å². The van der Waals surface area contributed by atoms with Crippen molar-refractivity contribution in [1.82, 2.24) is 10.2 Å². The van der Waals surface area contributed by atoms with Crippen molar-refractivity contribution in [3.63, 3.8) is 0 Å². The third-order valence-corrected chi connectivity index (χ3v) is 13.6. The van der Waals surface area contributed by atoms with Crippen molar-refractivity contribution in [2.24, 2.45) is 0 Å². The maximum Gasteiger partial charge on any atom is 0.223 e. The van der Waals surface area contributed by atoms with Crippen molar-refractivity contribution >= 4 is 26.3 Å². The Morgan fingerprint density at radius 3 is 2.50 bits per heavy atom. The average molecular weight is 616 g/mol. The van der Waals surface area contributed by atoms with Crippen LogP contribution in [0.2, 0.25) is 18.1 Å². The van der Waals surface area contributed by atoms with Gasteiger partial charge in [-0.05, 0) is 84.3 Å². The summed E-state index contributed by atoms with van der Waals surface area (Å²) >= 11 is 0. The van der Waals surface area contributed by atoms with Gasteiger partial charge < -0.3 is 25.1 Å². The second-order valence-corrected chi connectivity index (χ2v) is 18.3. The number of phenolic OH excluding ortho intramolecular Hbond substituents is 1. The van der Waals surface area contributed by atoms with Crippen LogP contribution < -0.4 is 10.6 Å². The van der Waals surface area contributed by atoms with Crippen LogP contribution in [0.3, 0.4) is 0 Å². The van der Waals surface area contributed by atoms with Gasteiger partial charge in [-0.25, -0.2) is 0 Å². The summed E-state index contributed by atoms with van der Waals surface area (Å²) in [5.74, 6) is 0.240. The van der Waals surface area contributed by atoms with Crippen LogP contribution in [-0.4, -0.2) is 49.8 Å². The van der Waals surface area contributed by atoms with E-state index < -0.39 is 8.32 Å². The molecule has 0 fully saturated rings. The number of hydrogen-bond donors (Lipinski definition) is 3. The van der Waals surface area contributed by atoms with E-state index in [4.69, 9.17) is 4.43 Å². The zero-order valence-corrected chi connectivity index (χ0v) is 28.2. The predicted molar refractivity (Wildman–Crippen MR) is 180 cm³/mol. The molecule has 7 nitrogen and oxygen atoms in total. The highest BCUT2D eigenvalue weighted by atomic mass is 28.4. The molecule has 3 N–H and O–H groups in total. The van der Waals surface area contributed by atoms with Crippen molar-refractivity contribution in [2.45, 2.75) is 90.2 Å². The fourth-order valence-corrected chi connectivity index (χ4v) is 6.74. The number of anilines is 1. The third kappa shape index (κ3) is 8.80. The normalized spacial score (nSPS) is 14.9. The number of rotatable bonds is 13. The van der Waals surface area contributed by atoms with E-state index >= 15 is 0 Å². The molecule has 0 aromatic heterocycles. The van der Waals surface area contributed by atoms with Crippen LogP contribution in [0.25, 0.3) is 0 Å². The summed E-state index contributed by atoms with van der Waals surface area (Å²) in [7, 11) is -2.13. The first-order valence-corrected chi connectivity index (χ1v) is 18.6. The molecule has 236 valence electrons. The molecule has 4 rings (SSSR count). The molecule has 0 saturated heterocycles. The minimum atomic E-state index is -2.13. The lowest BCUT2D eigenvalue weighted by atomic mass is 9.98. The number of phenols is 1. The van der Waals surface area contributed by atoms with E-state index in [1.165, 1.54) is 22.3 Å². The number of amides is 2. The molecule has 2 atom stereocenters. The summed E-state index contributed by atoms with van der Waals surface area (Å²) in [6.07, 6.45) is 3.33. The van der Waals surface area contributed by atoms with Crippen molar-refractivity contribution in [2.75, 3.05) is 18.4 Å². The number of nitrogens with zero attached hydrogens (tertiary/aromatic N) is 1. The number of benzene rings is 3. The van der Waals surface area contributed by atoms with Gasteiger partial charge in [-0.15, -0.1) is 0 Å². The van der Waals surface area contributed by atoms with Crippen LogP contribution >= 0.6 is 0 Å². The van der Waals surface area contributed by atoms with E-state index in [1.807, 2.05) is 17.0 Å². The summed E-state index contributed by atoms with van der Waals surface area (Å²) in [6.45, 7) is 15.4. The van der Waals surface area contributed by atoms with E-state index in [0.717, 1.165) is 31.4 Å². The Morgan fingerprint density at radius 1 is 1.05 bits per heavy atom. The molecular formula is C36H49N3O4Si. The maximum atomic E-state index is 13.0. The molecule has 2 amide bonds. The lowest BCUT2D eigenvalue weighted by Gasteiger charge is -2.40. The van der Waals surface area contributed by atoms with Crippen molar-refractivity contribution in [3.8, 4) is 5.75 Å². The molecule has 0 bridgehead atoms. The number of carbonyl (C=O) groups excluding carboxylic acids is 2. The predicted octanol–water partition coefficient (Wildman–Crippen LogP) is 6.76. The quantitative estimate of drug-likeness (QED) is 0.112. The van der Waals surface area contributed by atoms with Crippen LogP contribution in [0.4, 0.5) is 5.69 Å². The molecular weight excluding hydrogens is 566 g/mol. The van der Waals surface area contributed by atoms with Gasteiger partial charge in [-0.1, -0.05) is 75.4 Å². The van der Waals surface area contributed by atoms with Crippen molar-refractivity contribution in [3.05, 3.63) is 94.5 Å². The van der Waals surface area contributed by atoms with Crippen LogP contribution in [0.1, 0.15) is 68.0 Å². The Morgan fingerprint density at radius 2 is 1.77 bits per heavy atom. The molecule has 1 heterocycles. The SMILES string of the molecule is CC(Cc1cccc(CCC(=O)N2CCc3ccccc3C2)c1)NC[C@H](O[Si](C)(C)C(C)(C)C)c1ccc(O)c(NC=O)c1. The number of hydrogen-bond acceptors (Lipinski definition) is 5. The second kappa shape index (κ2) is 14.5. The molecule has 44 heavy (non-hydrogen) atoms. The Kier molecular flexibility index (Phi) is 11.1. The molecule has 3 aromatic rings. The number of fused-ring (bicyclic) bond motifs is 1. The van der Waals surface area contributed by atoms with Crippen molar-refractivity contribution in [1.29, 1.82) is 0 Å². The summed E-state index contributed by atoms with van der Waals surface area (Å²) < 4.78 is 6.85. The first-order valence-electron chi connectivity index (χ1n) is 15.7. The van der Waals surface area contributed by atoms with Gasteiger partial charge in [0.25, 0.3) is 0 Å². The summed E-state index contributed by atoms with van der Waals surface area (Å²) in [6, 6.07) is 22.4. The standard InChI is InChI=1S/C36H49N3O4Si/c1-26(37-23-34(43-44(5,6)36(2,3)4)30-15-16-33(41)32(22-30)38-25-40)20-28-11-9-10-27(21-28)14-17-35(42)39-19-18-29-12-7-8-13-31(29)24-39/h7-13,15-16,21-22,25-26,34,37,41H,14,17-20,23-24H2,1-6H3,(H,38,40)/t26?,34-/m0/s1. The van der Waals surface area contributed by atoms with E-state index in [2.05, 4.69) is 93.9 Å². The molecule has 0 aliphatic carbocycles. The Balaban J connectivity index is 1.36. The molecule has 0 radical (unpaired) electrons. The minimum Gasteiger partial charge on any atom is -0.506 e. The highest BCUT2D eigenvalue weighted by molar-refractivity contribution is 6.74. The van der Waals surface area contributed by atoms with Crippen LogP contribution in [-0.2, 0) is 39.8 Å². The average Bonchev–Trinajstić information content (AvgIpc) is 2.98. The Bertz CT molecular complexity index is 1430. The summed E-state index contributed by atoms with van der Waals surface area (Å²) in [5, 5.41) is 16.5. The third-order valence-electron chi connectivity index (χ3n) is 9.15. The molecule has 3 aromatic carbocycles. The first kappa shape index (κ1) is 33.4. The Hall–Kier alpha value is -3.46. The zero-order chi connectivity index (χ0) is 31.9. The smallest absolute Gasteiger partial charge is 0.223 e. The molecule has 1 aliphatic heterocycles. The summed E-state index contributed by atoms with van der Waals surface area (Å²) in [4.78, 5) is 26.1. The fourth-order valence-electron chi connectivity index (χ4n) is 5.46. The van der Waals surface area contributed by atoms with E-state index in [9.17, 15) is 14.7 Å². The topological polar surface area (TPSA) is 90.9 Å². The number of nitrogens with one attached hydrogen (secondary N) is 2. The van der Waals surface area contributed by atoms with Crippen LogP contribution in [0.5, 0.6) is 5.75 Å². The highest BCUT2D eigenvalue weighted by Gasteiger charge is 2.39. The van der Waals surface area contributed by atoms with E-state index in [1.54, 1.807) is 12.1 Å². The number of aromatic hydroxyl groups is 1. The lowest BCUT2D eigenvalue weighted by molar-refractivity contribution is -0.132. The van der Waals surface area contributed by atoms with Gasteiger partial charge in [0.05, 0.1) is 11.8 Å². The lowest BCUT2D eigenvalue weighted by Crippen LogP contribution is -2.44. The first-order chi connectivity index (χ1) is 20.9. The molecule has 0 saturated carbocycles. The fraction of sp³-hybridized carbons (Fsp3) is 0.444.